The fourth-order valence-corrected chi connectivity index (χ4v) is 2.93. The highest BCUT2D eigenvalue weighted by atomic mass is 79.9. The molecule has 0 N–H and O–H groups in total. The Labute approximate surface area is 165 Å². The normalized spacial score (nSPS) is 14.9. The summed E-state index contributed by atoms with van der Waals surface area (Å²) in [7, 11) is 1.52. The standard InChI is InChI=1S/C20H16BrN3O3/c1-13-17(20(25)24(23-13)16-8-6-15(21)7-9-16)12-14-4-3-5-18(26-2)19(14)27-11-10-22/h3-9,12H,11H2,1-2H3/b17-12-. The van der Waals surface area contributed by atoms with Crippen molar-refractivity contribution in [2.75, 3.05) is 18.7 Å². The van der Waals surface area contributed by atoms with Crippen molar-refractivity contribution in [2.24, 2.45) is 5.10 Å². The molecule has 0 unspecified atom stereocenters. The van der Waals surface area contributed by atoms with E-state index >= 15 is 0 Å². The molecule has 2 aromatic rings. The van der Waals surface area contributed by atoms with Crippen molar-refractivity contribution in [1.82, 2.24) is 0 Å². The van der Waals surface area contributed by atoms with Crippen molar-refractivity contribution in [3.8, 4) is 17.6 Å². The van der Waals surface area contributed by atoms with Crippen LogP contribution in [-0.2, 0) is 4.79 Å². The van der Waals surface area contributed by atoms with Gasteiger partial charge >= 0.3 is 0 Å². The molecular formula is C20H16BrN3O3. The van der Waals surface area contributed by atoms with Crippen LogP contribution in [0.5, 0.6) is 11.5 Å². The summed E-state index contributed by atoms with van der Waals surface area (Å²) < 4.78 is 11.7. The Morgan fingerprint density at radius 1 is 1.26 bits per heavy atom. The molecule has 136 valence electrons. The van der Waals surface area contributed by atoms with Gasteiger partial charge < -0.3 is 9.47 Å². The molecule has 0 aliphatic carbocycles. The van der Waals surface area contributed by atoms with E-state index in [1.165, 1.54) is 12.1 Å². The van der Waals surface area contributed by atoms with Crippen LogP contribution in [0.1, 0.15) is 12.5 Å². The maximum absolute atomic E-state index is 12.9. The minimum absolute atomic E-state index is 0.122. The van der Waals surface area contributed by atoms with Crippen LogP contribution in [0.15, 0.2) is 57.6 Å². The number of para-hydroxylation sites is 1. The monoisotopic (exact) mass is 425 g/mol. The van der Waals surface area contributed by atoms with Crippen molar-refractivity contribution >= 4 is 39.3 Å². The smallest absolute Gasteiger partial charge is 0.280 e. The second-order valence-corrected chi connectivity index (χ2v) is 6.58. The number of halogens is 1. The van der Waals surface area contributed by atoms with Crippen molar-refractivity contribution in [3.05, 3.63) is 58.1 Å². The van der Waals surface area contributed by atoms with E-state index in [4.69, 9.17) is 14.7 Å². The minimum atomic E-state index is -0.233. The third kappa shape index (κ3) is 3.86. The van der Waals surface area contributed by atoms with Crippen LogP contribution in [0.2, 0.25) is 0 Å². The number of nitrogens with zero attached hydrogens (tertiary/aromatic N) is 3. The van der Waals surface area contributed by atoms with Gasteiger partial charge in [0.05, 0.1) is 24.1 Å². The Bertz CT molecular complexity index is 975. The number of benzene rings is 2. The number of hydrogen-bond donors (Lipinski definition) is 0. The number of hydrazone groups is 1. The predicted octanol–water partition coefficient (Wildman–Crippen LogP) is 4.17. The van der Waals surface area contributed by atoms with Gasteiger partial charge in [-0.25, -0.2) is 0 Å². The average Bonchev–Trinajstić information content (AvgIpc) is 2.95. The molecule has 0 saturated carbocycles. The molecule has 0 atom stereocenters. The highest BCUT2D eigenvalue weighted by Crippen LogP contribution is 2.34. The third-order valence-electron chi connectivity index (χ3n) is 3.94. The van der Waals surface area contributed by atoms with Crippen LogP contribution < -0.4 is 14.5 Å². The molecule has 1 aliphatic rings. The minimum Gasteiger partial charge on any atom is -0.493 e. The van der Waals surface area contributed by atoms with Crippen molar-refractivity contribution in [3.63, 3.8) is 0 Å². The van der Waals surface area contributed by atoms with Gasteiger partial charge in [-0.1, -0.05) is 28.1 Å². The molecule has 0 bridgehead atoms. The first-order valence-electron chi connectivity index (χ1n) is 8.09. The van der Waals surface area contributed by atoms with E-state index in [9.17, 15) is 4.79 Å². The summed E-state index contributed by atoms with van der Waals surface area (Å²) in [5.74, 6) is 0.671. The summed E-state index contributed by atoms with van der Waals surface area (Å²) in [5, 5.41) is 14.6. The Kier molecular flexibility index (Phi) is 5.57. The zero-order valence-corrected chi connectivity index (χ0v) is 16.4. The van der Waals surface area contributed by atoms with E-state index in [1.807, 2.05) is 30.3 Å². The predicted molar refractivity (Wildman–Crippen MR) is 107 cm³/mol. The lowest BCUT2D eigenvalue weighted by Crippen LogP contribution is -2.21. The highest BCUT2D eigenvalue weighted by molar-refractivity contribution is 9.10. The molecule has 6 nitrogen and oxygen atoms in total. The average molecular weight is 426 g/mol. The molecule has 7 heteroatoms. The van der Waals surface area contributed by atoms with Gasteiger partial charge in [-0.2, -0.15) is 15.4 Å². The molecule has 0 spiro atoms. The van der Waals surface area contributed by atoms with Gasteiger partial charge in [-0.3, -0.25) is 4.79 Å². The van der Waals surface area contributed by atoms with Crippen molar-refractivity contribution in [1.29, 1.82) is 5.26 Å². The van der Waals surface area contributed by atoms with Gasteiger partial charge in [0.25, 0.3) is 5.91 Å². The van der Waals surface area contributed by atoms with Gasteiger partial charge in [-0.05, 0) is 43.3 Å². The topological polar surface area (TPSA) is 74.9 Å². The second kappa shape index (κ2) is 8.06. The number of carbonyl (C=O) groups excluding carboxylic acids is 1. The number of nitriles is 1. The Balaban J connectivity index is 1.98. The summed E-state index contributed by atoms with van der Waals surface area (Å²) in [6.45, 7) is 1.65. The van der Waals surface area contributed by atoms with Gasteiger partial charge in [0.15, 0.2) is 18.1 Å². The molecule has 1 heterocycles. The lowest BCUT2D eigenvalue weighted by atomic mass is 10.1. The number of anilines is 1. The number of carbonyl (C=O) groups is 1. The number of amides is 1. The van der Waals surface area contributed by atoms with E-state index in [1.54, 1.807) is 31.2 Å². The molecule has 2 aromatic carbocycles. The zero-order valence-electron chi connectivity index (χ0n) is 14.8. The number of hydrogen-bond acceptors (Lipinski definition) is 5. The summed E-state index contributed by atoms with van der Waals surface area (Å²) >= 11 is 3.38. The van der Waals surface area contributed by atoms with Crippen LogP contribution >= 0.6 is 15.9 Å². The van der Waals surface area contributed by atoms with Gasteiger partial charge in [0, 0.05) is 10.0 Å². The third-order valence-corrected chi connectivity index (χ3v) is 4.47. The molecule has 0 aromatic heterocycles. The quantitative estimate of drug-likeness (QED) is 0.673. The Morgan fingerprint density at radius 3 is 2.67 bits per heavy atom. The van der Waals surface area contributed by atoms with E-state index in [-0.39, 0.29) is 12.5 Å². The second-order valence-electron chi connectivity index (χ2n) is 5.66. The fraction of sp³-hybridized carbons (Fsp3) is 0.150. The van der Waals surface area contributed by atoms with Crippen LogP contribution in [0.4, 0.5) is 5.69 Å². The fourth-order valence-electron chi connectivity index (χ4n) is 2.66. The molecule has 27 heavy (non-hydrogen) atoms. The van der Waals surface area contributed by atoms with Crippen LogP contribution in [-0.4, -0.2) is 25.3 Å². The van der Waals surface area contributed by atoms with Gasteiger partial charge in [0.2, 0.25) is 0 Å². The summed E-state index contributed by atoms with van der Waals surface area (Å²) in [6.07, 6.45) is 1.70. The molecule has 0 saturated heterocycles. The highest BCUT2D eigenvalue weighted by Gasteiger charge is 2.29. The van der Waals surface area contributed by atoms with Crippen LogP contribution in [0.25, 0.3) is 6.08 Å². The van der Waals surface area contributed by atoms with Crippen molar-refractivity contribution in [2.45, 2.75) is 6.92 Å². The lowest BCUT2D eigenvalue weighted by Gasteiger charge is -2.13. The van der Waals surface area contributed by atoms with Crippen LogP contribution in [0.3, 0.4) is 0 Å². The zero-order chi connectivity index (χ0) is 19.4. The van der Waals surface area contributed by atoms with E-state index < -0.39 is 0 Å². The summed E-state index contributed by atoms with van der Waals surface area (Å²) in [5.41, 5.74) is 2.36. The maximum atomic E-state index is 12.9. The maximum Gasteiger partial charge on any atom is 0.280 e. The Hall–Kier alpha value is -3.11. The van der Waals surface area contributed by atoms with E-state index in [0.29, 0.717) is 34.0 Å². The number of ether oxygens (including phenoxy) is 2. The largest absolute Gasteiger partial charge is 0.493 e. The van der Waals surface area contributed by atoms with Crippen LogP contribution in [0, 0.1) is 11.3 Å². The first-order valence-corrected chi connectivity index (χ1v) is 8.88. The summed E-state index contributed by atoms with van der Waals surface area (Å²) in [6, 6.07) is 14.6. The summed E-state index contributed by atoms with van der Waals surface area (Å²) in [4.78, 5) is 12.9. The SMILES string of the molecule is COc1cccc(/C=C2\C(=O)N(c3ccc(Br)cc3)N=C2C)c1OCC#N. The molecule has 1 amide bonds. The molecular weight excluding hydrogens is 410 g/mol. The van der Waals surface area contributed by atoms with E-state index in [0.717, 1.165) is 4.47 Å². The number of rotatable bonds is 5. The first-order chi connectivity index (χ1) is 13.0. The van der Waals surface area contributed by atoms with Gasteiger partial charge in [-0.15, -0.1) is 0 Å². The van der Waals surface area contributed by atoms with Gasteiger partial charge in [0.1, 0.15) is 6.07 Å². The molecule has 0 fully saturated rings. The molecule has 3 rings (SSSR count). The van der Waals surface area contributed by atoms with E-state index in [2.05, 4.69) is 21.0 Å². The molecule has 1 aliphatic heterocycles. The lowest BCUT2D eigenvalue weighted by molar-refractivity contribution is -0.114. The van der Waals surface area contributed by atoms with Crippen molar-refractivity contribution < 1.29 is 14.3 Å². The Morgan fingerprint density at radius 2 is 2.00 bits per heavy atom. The molecule has 0 radical (unpaired) electrons. The number of methoxy groups -OCH3 is 1. The first kappa shape index (κ1) is 18.7.